The summed E-state index contributed by atoms with van der Waals surface area (Å²) in [6.45, 7) is 13.3. The van der Waals surface area contributed by atoms with Crippen molar-refractivity contribution in [3.8, 4) is 0 Å². The van der Waals surface area contributed by atoms with Crippen molar-refractivity contribution < 1.29 is 39.4 Å². The van der Waals surface area contributed by atoms with Gasteiger partial charge >= 0.3 is 0 Å². The highest BCUT2D eigenvalue weighted by Crippen LogP contribution is 1.94. The number of nitrogens with one attached hydrogen (secondary N) is 1. The summed E-state index contributed by atoms with van der Waals surface area (Å²) in [6, 6.07) is 0. The molecule has 0 aromatic carbocycles. The standard InChI is InChI=1S/C21H41NO8.H2/c1-18(2)20(23)17-30-16-15-29-14-13-28-12-11-27-10-9-26-8-7-25-6-5-22-21(24)19(3)4;/h18-19H,5-17H2,1-4H3,(H,22,24);1H. The van der Waals surface area contributed by atoms with Crippen LogP contribution in [0.3, 0.4) is 0 Å². The summed E-state index contributed by atoms with van der Waals surface area (Å²) >= 11 is 0. The van der Waals surface area contributed by atoms with Gasteiger partial charge < -0.3 is 33.7 Å². The zero-order valence-electron chi connectivity index (χ0n) is 19.1. The average molecular weight is 438 g/mol. The van der Waals surface area contributed by atoms with E-state index in [0.717, 1.165) is 0 Å². The Morgan fingerprint density at radius 2 is 0.967 bits per heavy atom. The van der Waals surface area contributed by atoms with E-state index in [1.807, 2.05) is 27.7 Å². The van der Waals surface area contributed by atoms with Crippen molar-refractivity contribution >= 4 is 11.7 Å². The summed E-state index contributed by atoms with van der Waals surface area (Å²) in [5, 5.41) is 2.78. The summed E-state index contributed by atoms with van der Waals surface area (Å²) in [4.78, 5) is 22.7. The minimum atomic E-state index is -0.00882. The lowest BCUT2D eigenvalue weighted by Gasteiger charge is -2.09. The number of amides is 1. The molecule has 0 saturated heterocycles. The molecule has 0 aliphatic rings. The summed E-state index contributed by atoms with van der Waals surface area (Å²) in [6.07, 6.45) is 0. The van der Waals surface area contributed by atoms with E-state index in [0.29, 0.717) is 79.2 Å². The molecule has 0 fully saturated rings. The Hall–Kier alpha value is -1.10. The first-order valence-electron chi connectivity index (χ1n) is 10.7. The minimum Gasteiger partial charge on any atom is -0.377 e. The molecule has 0 aromatic rings. The normalized spacial score (nSPS) is 11.4. The molecule has 0 aliphatic heterocycles. The van der Waals surface area contributed by atoms with Crippen LogP contribution in [0, 0.1) is 11.8 Å². The summed E-state index contributed by atoms with van der Waals surface area (Å²) in [7, 11) is 0. The summed E-state index contributed by atoms with van der Waals surface area (Å²) in [5.74, 6) is 0.124. The Kier molecular flexibility index (Phi) is 20.4. The summed E-state index contributed by atoms with van der Waals surface area (Å²) in [5.41, 5.74) is 0. The van der Waals surface area contributed by atoms with Gasteiger partial charge in [-0.15, -0.1) is 0 Å². The van der Waals surface area contributed by atoms with Gasteiger partial charge in [0.25, 0.3) is 0 Å². The van der Waals surface area contributed by atoms with E-state index in [-0.39, 0.29) is 31.6 Å². The molecular formula is C21H43NO8. The molecule has 9 nitrogen and oxygen atoms in total. The van der Waals surface area contributed by atoms with E-state index >= 15 is 0 Å². The molecule has 0 unspecified atom stereocenters. The lowest BCUT2D eigenvalue weighted by molar-refractivity contribution is -0.127. The Bertz CT molecular complexity index is 386. The van der Waals surface area contributed by atoms with Gasteiger partial charge in [0.2, 0.25) is 5.91 Å². The lowest BCUT2D eigenvalue weighted by Crippen LogP contribution is -2.31. The monoisotopic (exact) mass is 437 g/mol. The van der Waals surface area contributed by atoms with E-state index in [9.17, 15) is 9.59 Å². The van der Waals surface area contributed by atoms with Crippen molar-refractivity contribution in [3.63, 3.8) is 0 Å². The van der Waals surface area contributed by atoms with Gasteiger partial charge in [0, 0.05) is 19.8 Å². The molecule has 0 spiro atoms. The van der Waals surface area contributed by atoms with Crippen molar-refractivity contribution in [3.05, 3.63) is 0 Å². The number of rotatable bonds is 22. The third-order valence-electron chi connectivity index (χ3n) is 3.82. The SMILES string of the molecule is CC(C)C(=O)COCCOCCOCCOCCOCCOCCNC(=O)C(C)C.[HH]. The number of hydrogen-bond donors (Lipinski definition) is 1. The number of carbonyl (C=O) groups excluding carboxylic acids is 2. The molecule has 0 bridgehead atoms. The minimum absolute atomic E-state index is 0. The van der Waals surface area contributed by atoms with Gasteiger partial charge in [-0.1, -0.05) is 27.7 Å². The second-order valence-corrected chi connectivity index (χ2v) is 7.18. The number of carbonyl (C=O) groups is 2. The molecular weight excluding hydrogens is 394 g/mol. The number of Topliss-reactive ketones (excluding diaryl/α,β-unsaturated/α-hetero) is 1. The highest BCUT2D eigenvalue weighted by Gasteiger charge is 2.06. The lowest BCUT2D eigenvalue weighted by atomic mass is 10.1. The largest absolute Gasteiger partial charge is 0.377 e. The smallest absolute Gasteiger partial charge is 0.222 e. The van der Waals surface area contributed by atoms with Crippen molar-refractivity contribution in [2.75, 3.05) is 85.8 Å². The van der Waals surface area contributed by atoms with E-state index in [4.69, 9.17) is 28.4 Å². The zero-order valence-corrected chi connectivity index (χ0v) is 19.1. The molecule has 0 aromatic heterocycles. The van der Waals surface area contributed by atoms with Crippen LogP contribution >= 0.6 is 0 Å². The number of hydrogen-bond acceptors (Lipinski definition) is 8. The van der Waals surface area contributed by atoms with Gasteiger partial charge in [0.1, 0.15) is 6.61 Å². The van der Waals surface area contributed by atoms with E-state index < -0.39 is 0 Å². The topological polar surface area (TPSA) is 102 Å². The van der Waals surface area contributed by atoms with Crippen molar-refractivity contribution in [2.45, 2.75) is 27.7 Å². The first-order valence-corrected chi connectivity index (χ1v) is 10.7. The molecule has 9 heteroatoms. The van der Waals surface area contributed by atoms with E-state index in [2.05, 4.69) is 5.32 Å². The number of ketones is 1. The van der Waals surface area contributed by atoms with Gasteiger partial charge in [-0.25, -0.2) is 0 Å². The molecule has 0 heterocycles. The Labute approximate surface area is 182 Å². The van der Waals surface area contributed by atoms with Gasteiger partial charge in [0.05, 0.1) is 72.7 Å². The van der Waals surface area contributed by atoms with E-state index in [1.165, 1.54) is 0 Å². The predicted molar refractivity (Wildman–Crippen MR) is 115 cm³/mol. The number of ether oxygens (including phenoxy) is 6. The third-order valence-corrected chi connectivity index (χ3v) is 3.82. The van der Waals surface area contributed by atoms with Crippen molar-refractivity contribution in [1.82, 2.24) is 5.32 Å². The van der Waals surface area contributed by atoms with Crippen LogP contribution in [0.1, 0.15) is 29.1 Å². The van der Waals surface area contributed by atoms with Gasteiger partial charge in [0.15, 0.2) is 5.78 Å². The Morgan fingerprint density at radius 3 is 1.33 bits per heavy atom. The first-order chi connectivity index (χ1) is 14.4. The van der Waals surface area contributed by atoms with Crippen LogP contribution in [-0.4, -0.2) is 97.5 Å². The second kappa shape index (κ2) is 21.1. The molecule has 0 aliphatic carbocycles. The van der Waals surface area contributed by atoms with Crippen LogP contribution in [-0.2, 0) is 38.0 Å². The molecule has 0 atom stereocenters. The van der Waals surface area contributed by atoms with Gasteiger partial charge in [-0.2, -0.15) is 0 Å². The van der Waals surface area contributed by atoms with Crippen LogP contribution < -0.4 is 5.32 Å². The predicted octanol–water partition coefficient (Wildman–Crippen LogP) is 1.33. The van der Waals surface area contributed by atoms with Crippen LogP contribution in [0.4, 0.5) is 0 Å². The maximum absolute atomic E-state index is 11.3. The van der Waals surface area contributed by atoms with Gasteiger partial charge in [-0.3, -0.25) is 9.59 Å². The van der Waals surface area contributed by atoms with Gasteiger partial charge in [-0.05, 0) is 0 Å². The third kappa shape index (κ3) is 20.2. The van der Waals surface area contributed by atoms with Crippen LogP contribution in [0.15, 0.2) is 0 Å². The average Bonchev–Trinajstić information content (AvgIpc) is 2.71. The molecule has 1 amide bonds. The molecule has 0 saturated carbocycles. The van der Waals surface area contributed by atoms with Crippen molar-refractivity contribution in [1.29, 1.82) is 0 Å². The first kappa shape index (κ1) is 28.9. The maximum atomic E-state index is 11.3. The Balaban J connectivity index is 0. The van der Waals surface area contributed by atoms with Crippen LogP contribution in [0.25, 0.3) is 0 Å². The van der Waals surface area contributed by atoms with Crippen LogP contribution in [0.5, 0.6) is 0 Å². The second-order valence-electron chi connectivity index (χ2n) is 7.18. The molecule has 0 radical (unpaired) electrons. The molecule has 1 N–H and O–H groups in total. The van der Waals surface area contributed by atoms with Crippen molar-refractivity contribution in [2.24, 2.45) is 11.8 Å². The van der Waals surface area contributed by atoms with Crippen LogP contribution in [0.2, 0.25) is 0 Å². The van der Waals surface area contributed by atoms with E-state index in [1.54, 1.807) is 0 Å². The fourth-order valence-corrected chi connectivity index (χ4v) is 1.89. The fourth-order valence-electron chi connectivity index (χ4n) is 1.89. The quantitative estimate of drug-likeness (QED) is 0.253. The highest BCUT2D eigenvalue weighted by atomic mass is 16.6. The molecule has 0 rings (SSSR count). The fraction of sp³-hybridized carbons (Fsp3) is 0.905. The highest BCUT2D eigenvalue weighted by molar-refractivity contribution is 5.81. The molecule has 30 heavy (non-hydrogen) atoms. The Morgan fingerprint density at radius 1 is 0.600 bits per heavy atom. The molecule has 180 valence electrons. The zero-order chi connectivity index (χ0) is 22.5. The maximum Gasteiger partial charge on any atom is 0.222 e. The summed E-state index contributed by atoms with van der Waals surface area (Å²) < 4.78 is 32.1.